The van der Waals surface area contributed by atoms with E-state index in [-0.39, 0.29) is 12.3 Å². The van der Waals surface area contributed by atoms with Gasteiger partial charge in [-0.05, 0) is 30.5 Å². The first-order chi connectivity index (χ1) is 10.6. The van der Waals surface area contributed by atoms with Crippen LogP contribution in [0.15, 0.2) is 54.6 Å². The third kappa shape index (κ3) is 5.50. The molecule has 5 heteroatoms. The third-order valence-electron chi connectivity index (χ3n) is 3.28. The molecule has 0 bridgehead atoms. The zero-order chi connectivity index (χ0) is 15.8. The van der Waals surface area contributed by atoms with Gasteiger partial charge in [-0.25, -0.2) is 13.1 Å². The van der Waals surface area contributed by atoms with E-state index in [4.69, 9.17) is 4.74 Å². The van der Waals surface area contributed by atoms with E-state index in [0.717, 1.165) is 16.9 Å². The number of ether oxygens (including phenoxy) is 1. The fourth-order valence-corrected chi connectivity index (χ4v) is 3.09. The van der Waals surface area contributed by atoms with Crippen LogP contribution < -0.4 is 9.46 Å². The van der Waals surface area contributed by atoms with Crippen LogP contribution in [0.2, 0.25) is 0 Å². The van der Waals surface area contributed by atoms with Crippen molar-refractivity contribution in [1.29, 1.82) is 0 Å². The highest BCUT2D eigenvalue weighted by atomic mass is 32.2. The normalized spacial score (nSPS) is 11.3. The second-order valence-electron chi connectivity index (χ2n) is 5.06. The lowest BCUT2D eigenvalue weighted by Gasteiger charge is -2.10. The molecule has 0 aliphatic rings. The topological polar surface area (TPSA) is 55.4 Å². The van der Waals surface area contributed by atoms with Crippen molar-refractivity contribution in [3.63, 3.8) is 0 Å². The molecule has 0 aromatic heterocycles. The van der Waals surface area contributed by atoms with Crippen LogP contribution in [0.3, 0.4) is 0 Å². The van der Waals surface area contributed by atoms with Gasteiger partial charge in [-0.2, -0.15) is 0 Å². The number of benzene rings is 2. The van der Waals surface area contributed by atoms with Crippen LogP contribution in [0.25, 0.3) is 0 Å². The molecule has 0 aliphatic heterocycles. The molecule has 1 N–H and O–H groups in total. The molecule has 0 saturated carbocycles. The Balaban J connectivity index is 1.72. The Morgan fingerprint density at radius 3 is 2.41 bits per heavy atom. The molecular weight excluding hydrogens is 298 g/mol. The van der Waals surface area contributed by atoms with Crippen molar-refractivity contribution in [2.75, 3.05) is 18.9 Å². The first-order valence-electron chi connectivity index (χ1n) is 7.26. The minimum absolute atomic E-state index is 0.0847. The monoisotopic (exact) mass is 319 g/mol. The zero-order valence-electron chi connectivity index (χ0n) is 12.7. The molecule has 118 valence electrons. The summed E-state index contributed by atoms with van der Waals surface area (Å²) in [5.41, 5.74) is 2.05. The quantitative estimate of drug-likeness (QED) is 0.761. The van der Waals surface area contributed by atoms with Crippen molar-refractivity contribution >= 4 is 10.0 Å². The molecule has 0 radical (unpaired) electrons. The highest BCUT2D eigenvalue weighted by Crippen LogP contribution is 2.15. The highest BCUT2D eigenvalue weighted by Gasteiger charge is 2.09. The number of hydrogen-bond acceptors (Lipinski definition) is 3. The van der Waals surface area contributed by atoms with Gasteiger partial charge < -0.3 is 4.74 Å². The minimum Gasteiger partial charge on any atom is -0.492 e. The number of para-hydroxylation sites is 1. The molecule has 0 unspecified atom stereocenters. The maximum atomic E-state index is 11.9. The summed E-state index contributed by atoms with van der Waals surface area (Å²) in [5, 5.41) is 0. The highest BCUT2D eigenvalue weighted by molar-refractivity contribution is 7.89. The summed E-state index contributed by atoms with van der Waals surface area (Å²) in [6.45, 7) is 2.54. The summed E-state index contributed by atoms with van der Waals surface area (Å²) in [7, 11) is -3.27. The van der Waals surface area contributed by atoms with Crippen molar-refractivity contribution in [2.45, 2.75) is 13.3 Å². The van der Waals surface area contributed by atoms with Crippen molar-refractivity contribution in [2.24, 2.45) is 0 Å². The van der Waals surface area contributed by atoms with Crippen LogP contribution in [-0.2, 0) is 16.4 Å². The molecule has 0 spiro atoms. The van der Waals surface area contributed by atoms with E-state index in [1.54, 1.807) is 0 Å². The number of nitrogens with one attached hydrogen (secondary N) is 1. The summed E-state index contributed by atoms with van der Waals surface area (Å²) in [6.07, 6.45) is 0.509. The van der Waals surface area contributed by atoms with Gasteiger partial charge in [0.1, 0.15) is 12.4 Å². The van der Waals surface area contributed by atoms with E-state index in [1.165, 1.54) is 0 Å². The molecular formula is C17H21NO3S. The van der Waals surface area contributed by atoms with E-state index >= 15 is 0 Å². The van der Waals surface area contributed by atoms with Crippen LogP contribution in [-0.4, -0.2) is 27.3 Å². The fourth-order valence-electron chi connectivity index (χ4n) is 2.05. The maximum absolute atomic E-state index is 11.9. The minimum atomic E-state index is -3.27. The lowest BCUT2D eigenvalue weighted by Crippen LogP contribution is -2.31. The first-order valence-corrected chi connectivity index (χ1v) is 8.92. The first kappa shape index (κ1) is 16.5. The maximum Gasteiger partial charge on any atom is 0.212 e. The molecule has 2 aromatic rings. The molecule has 0 heterocycles. The van der Waals surface area contributed by atoms with Gasteiger partial charge in [0.25, 0.3) is 0 Å². The van der Waals surface area contributed by atoms with Crippen molar-refractivity contribution in [3.8, 4) is 5.75 Å². The molecule has 0 saturated heterocycles. The second kappa shape index (κ2) is 7.96. The molecule has 2 aromatic carbocycles. The Hall–Kier alpha value is -1.85. The second-order valence-corrected chi connectivity index (χ2v) is 6.99. The van der Waals surface area contributed by atoms with E-state index in [1.807, 2.05) is 61.5 Å². The fraction of sp³-hybridized carbons (Fsp3) is 0.294. The number of aryl methyl sites for hydroxylation is 2. The lowest BCUT2D eigenvalue weighted by atomic mass is 10.2. The number of sulfonamides is 1. The van der Waals surface area contributed by atoms with Crippen molar-refractivity contribution < 1.29 is 13.2 Å². The Kier molecular flexibility index (Phi) is 5.98. The standard InChI is InChI=1S/C17H21NO3S/c1-15-7-5-6-10-17(15)21-13-12-18-22(19,20)14-11-16-8-3-2-4-9-16/h2-10,18H,11-14H2,1H3. The van der Waals surface area contributed by atoms with Gasteiger partial charge in [-0.1, -0.05) is 48.5 Å². The summed E-state index contributed by atoms with van der Waals surface area (Å²) in [4.78, 5) is 0. The van der Waals surface area contributed by atoms with Gasteiger partial charge in [-0.15, -0.1) is 0 Å². The van der Waals surface area contributed by atoms with Crippen molar-refractivity contribution in [3.05, 3.63) is 65.7 Å². The zero-order valence-corrected chi connectivity index (χ0v) is 13.5. The average molecular weight is 319 g/mol. The summed E-state index contributed by atoms with van der Waals surface area (Å²) >= 11 is 0. The van der Waals surface area contributed by atoms with Gasteiger partial charge in [-0.3, -0.25) is 0 Å². The largest absolute Gasteiger partial charge is 0.492 e. The van der Waals surface area contributed by atoms with E-state index in [9.17, 15) is 8.42 Å². The van der Waals surface area contributed by atoms with Crippen molar-refractivity contribution in [1.82, 2.24) is 4.72 Å². The molecule has 0 aliphatic carbocycles. The predicted molar refractivity (Wildman–Crippen MR) is 88.6 cm³/mol. The summed E-state index contributed by atoms with van der Waals surface area (Å²) in [5.74, 6) is 0.868. The molecule has 4 nitrogen and oxygen atoms in total. The van der Waals surface area contributed by atoms with E-state index in [0.29, 0.717) is 13.0 Å². The van der Waals surface area contributed by atoms with Gasteiger partial charge in [0.15, 0.2) is 0 Å². The van der Waals surface area contributed by atoms with E-state index < -0.39 is 10.0 Å². The molecule has 0 fully saturated rings. The molecule has 0 amide bonds. The van der Waals surface area contributed by atoms with Crippen LogP contribution in [0.1, 0.15) is 11.1 Å². The van der Waals surface area contributed by atoms with Crippen LogP contribution in [0.4, 0.5) is 0 Å². The molecule has 22 heavy (non-hydrogen) atoms. The van der Waals surface area contributed by atoms with Gasteiger partial charge in [0.2, 0.25) is 10.0 Å². The smallest absolute Gasteiger partial charge is 0.212 e. The number of hydrogen-bond donors (Lipinski definition) is 1. The third-order valence-corrected chi connectivity index (χ3v) is 4.66. The Morgan fingerprint density at radius 2 is 1.68 bits per heavy atom. The lowest BCUT2D eigenvalue weighted by molar-refractivity contribution is 0.320. The van der Waals surface area contributed by atoms with Gasteiger partial charge >= 0.3 is 0 Å². The SMILES string of the molecule is Cc1ccccc1OCCNS(=O)(=O)CCc1ccccc1. The van der Waals surface area contributed by atoms with Gasteiger partial charge in [0.05, 0.1) is 5.75 Å². The molecule has 2 rings (SSSR count). The predicted octanol–water partition coefficient (Wildman–Crippen LogP) is 2.54. The Morgan fingerprint density at radius 1 is 1.00 bits per heavy atom. The summed E-state index contributed by atoms with van der Waals surface area (Å²) < 4.78 is 32.0. The Labute approximate surface area is 132 Å². The average Bonchev–Trinajstić information content (AvgIpc) is 2.52. The Bertz CT molecular complexity index is 684. The summed E-state index contributed by atoms with van der Waals surface area (Å²) in [6, 6.07) is 17.3. The van der Waals surface area contributed by atoms with E-state index in [2.05, 4.69) is 4.72 Å². The van der Waals surface area contributed by atoms with Crippen LogP contribution in [0.5, 0.6) is 5.75 Å². The van der Waals surface area contributed by atoms with Crippen LogP contribution >= 0.6 is 0 Å². The molecule has 0 atom stereocenters. The van der Waals surface area contributed by atoms with Crippen LogP contribution in [0, 0.1) is 6.92 Å². The number of rotatable bonds is 8. The van der Waals surface area contributed by atoms with Gasteiger partial charge in [0, 0.05) is 6.54 Å².